The third-order valence-electron chi connectivity index (χ3n) is 4.33. The monoisotopic (exact) mass is 526 g/mol. The number of benzene rings is 3. The zero-order valence-electron chi connectivity index (χ0n) is 16.7. The average Bonchev–Trinajstić information content (AvgIpc) is 2.74. The second kappa shape index (κ2) is 9.74. The Kier molecular flexibility index (Phi) is 7.25. The Balaban J connectivity index is 2.03. The van der Waals surface area contributed by atoms with E-state index >= 15 is 0 Å². The van der Waals surface area contributed by atoms with Crippen LogP contribution in [0.25, 0.3) is 0 Å². The first-order valence-electron chi connectivity index (χ1n) is 9.27. The number of nitrogens with one attached hydrogen (secondary N) is 1. The molecule has 3 aromatic rings. The number of hydrogen-bond acceptors (Lipinski definition) is 4. The number of nitrogens with zero attached hydrogens (tertiary/aromatic N) is 1. The third kappa shape index (κ3) is 5.89. The number of anilines is 1. The van der Waals surface area contributed by atoms with E-state index in [0.717, 1.165) is 10.0 Å². The predicted octanol–water partition coefficient (Wildman–Crippen LogP) is 5.99. The maximum Gasteiger partial charge on any atom is 0.516 e. The van der Waals surface area contributed by atoms with Gasteiger partial charge in [0.05, 0.1) is 5.69 Å². The van der Waals surface area contributed by atoms with Crippen LogP contribution in [0.15, 0.2) is 82.4 Å². The van der Waals surface area contributed by atoms with Crippen LogP contribution >= 0.6 is 15.9 Å². The van der Waals surface area contributed by atoms with Crippen LogP contribution in [0.1, 0.15) is 22.3 Å². The van der Waals surface area contributed by atoms with Crippen LogP contribution in [0, 0.1) is 6.92 Å². The van der Waals surface area contributed by atoms with Crippen LogP contribution < -0.4 is 4.72 Å². The van der Waals surface area contributed by atoms with Gasteiger partial charge in [-0.3, -0.25) is 4.72 Å². The highest BCUT2D eigenvalue weighted by molar-refractivity contribution is 9.10. The Morgan fingerprint density at radius 2 is 1.69 bits per heavy atom. The Morgan fingerprint density at radius 3 is 2.31 bits per heavy atom. The summed E-state index contributed by atoms with van der Waals surface area (Å²) in [6.45, 7) is 1.84. The van der Waals surface area contributed by atoms with Crippen molar-refractivity contribution in [2.24, 2.45) is 5.16 Å². The van der Waals surface area contributed by atoms with Crippen LogP contribution in [0.4, 0.5) is 18.9 Å². The van der Waals surface area contributed by atoms with Crippen LogP contribution in [0.3, 0.4) is 0 Å². The number of aryl methyl sites for hydroxylation is 1. The van der Waals surface area contributed by atoms with Crippen molar-refractivity contribution in [2.45, 2.75) is 19.0 Å². The lowest BCUT2D eigenvalue weighted by molar-refractivity contribution is -0.0429. The van der Waals surface area contributed by atoms with Crippen molar-refractivity contribution in [2.75, 3.05) is 4.72 Å². The second-order valence-corrected chi connectivity index (χ2v) is 9.40. The first kappa shape index (κ1) is 23.8. The molecule has 0 aliphatic rings. The lowest BCUT2D eigenvalue weighted by Crippen LogP contribution is -2.30. The van der Waals surface area contributed by atoms with E-state index in [1.54, 1.807) is 48.0 Å². The minimum atomic E-state index is -5.62. The van der Waals surface area contributed by atoms with Gasteiger partial charge in [-0.15, -0.1) is 0 Å². The summed E-state index contributed by atoms with van der Waals surface area (Å²) >= 11 is 3.35. The van der Waals surface area contributed by atoms with Gasteiger partial charge < -0.3 is 4.84 Å². The first-order valence-corrected chi connectivity index (χ1v) is 11.5. The summed E-state index contributed by atoms with van der Waals surface area (Å²) in [5, 5.41) is 4.16. The molecule has 168 valence electrons. The largest absolute Gasteiger partial charge is 0.516 e. The zero-order valence-corrected chi connectivity index (χ0v) is 19.1. The van der Waals surface area contributed by atoms with Gasteiger partial charge in [0.15, 0.2) is 0 Å². The molecule has 0 radical (unpaired) electrons. The fourth-order valence-corrected chi connectivity index (χ4v) is 3.60. The van der Waals surface area contributed by atoms with E-state index in [0.29, 0.717) is 11.1 Å². The summed E-state index contributed by atoms with van der Waals surface area (Å²) < 4.78 is 64.9. The molecule has 1 N–H and O–H groups in total. The SMILES string of the molecule is Cc1ccc(NS(=O)(=O)C(F)(F)F)c(/C(=N/OCc2ccc(Br)cc2)c2ccccc2)c1. The Labute approximate surface area is 192 Å². The van der Waals surface area contributed by atoms with Crippen LogP contribution in [0.5, 0.6) is 0 Å². The minimum Gasteiger partial charge on any atom is -0.390 e. The number of halogens is 4. The van der Waals surface area contributed by atoms with Gasteiger partial charge in [-0.2, -0.15) is 21.6 Å². The van der Waals surface area contributed by atoms with E-state index in [1.165, 1.54) is 12.1 Å². The molecule has 0 bridgehead atoms. The normalized spacial score (nSPS) is 12.5. The molecule has 0 aliphatic carbocycles. The fourth-order valence-electron chi connectivity index (χ4n) is 2.75. The molecule has 0 unspecified atom stereocenters. The summed E-state index contributed by atoms with van der Waals surface area (Å²) in [6.07, 6.45) is 0. The van der Waals surface area contributed by atoms with E-state index in [1.807, 2.05) is 24.3 Å². The number of rotatable bonds is 7. The quantitative estimate of drug-likeness (QED) is 0.303. The van der Waals surface area contributed by atoms with Gasteiger partial charge in [0.1, 0.15) is 12.3 Å². The van der Waals surface area contributed by atoms with Crippen molar-refractivity contribution in [3.05, 3.63) is 99.5 Å². The molecule has 0 heterocycles. The molecule has 0 saturated heterocycles. The molecular formula is C22H18BrF3N2O3S. The van der Waals surface area contributed by atoms with E-state index in [9.17, 15) is 21.6 Å². The van der Waals surface area contributed by atoms with Crippen molar-refractivity contribution in [3.8, 4) is 0 Å². The van der Waals surface area contributed by atoms with Gasteiger partial charge in [-0.1, -0.05) is 75.2 Å². The maximum absolute atomic E-state index is 13.0. The van der Waals surface area contributed by atoms with Crippen molar-refractivity contribution >= 4 is 37.4 Å². The molecule has 0 aromatic heterocycles. The standard InChI is InChI=1S/C22H18BrF3N2O3S/c1-15-7-12-20(28-32(29,30)22(24,25)26)19(13-15)21(17-5-3-2-4-6-17)27-31-14-16-8-10-18(23)11-9-16/h2-13,28H,14H2,1H3/b27-21+. The Morgan fingerprint density at radius 1 is 1.03 bits per heavy atom. The molecule has 0 aliphatic heterocycles. The molecule has 32 heavy (non-hydrogen) atoms. The first-order chi connectivity index (χ1) is 15.1. The topological polar surface area (TPSA) is 67.8 Å². The molecule has 0 saturated carbocycles. The highest BCUT2D eigenvalue weighted by Crippen LogP contribution is 2.29. The van der Waals surface area contributed by atoms with Crippen molar-refractivity contribution in [3.63, 3.8) is 0 Å². The molecule has 3 aromatic carbocycles. The van der Waals surface area contributed by atoms with E-state index in [4.69, 9.17) is 4.84 Å². The molecule has 3 rings (SSSR count). The summed E-state index contributed by atoms with van der Waals surface area (Å²) in [4.78, 5) is 5.50. The smallest absolute Gasteiger partial charge is 0.390 e. The van der Waals surface area contributed by atoms with Crippen LogP contribution in [-0.4, -0.2) is 19.6 Å². The van der Waals surface area contributed by atoms with Gasteiger partial charge in [-0.25, -0.2) is 0 Å². The molecule has 0 fully saturated rings. The minimum absolute atomic E-state index is 0.110. The molecule has 5 nitrogen and oxygen atoms in total. The van der Waals surface area contributed by atoms with Gasteiger partial charge in [0.25, 0.3) is 0 Å². The van der Waals surface area contributed by atoms with Crippen molar-refractivity contribution in [1.82, 2.24) is 0 Å². The summed E-state index contributed by atoms with van der Waals surface area (Å²) in [6, 6.07) is 20.3. The number of sulfonamides is 1. The Hall–Kier alpha value is -2.85. The number of hydrogen-bond donors (Lipinski definition) is 1. The van der Waals surface area contributed by atoms with Gasteiger partial charge in [0, 0.05) is 15.6 Å². The zero-order chi connectivity index (χ0) is 23.4. The van der Waals surface area contributed by atoms with Crippen molar-refractivity contribution in [1.29, 1.82) is 0 Å². The lowest BCUT2D eigenvalue weighted by Gasteiger charge is -2.16. The summed E-state index contributed by atoms with van der Waals surface area (Å²) in [7, 11) is -5.62. The van der Waals surface area contributed by atoms with E-state index in [2.05, 4.69) is 21.1 Å². The average molecular weight is 527 g/mol. The number of oxime groups is 1. The molecule has 0 amide bonds. The highest BCUT2D eigenvalue weighted by Gasteiger charge is 2.46. The maximum atomic E-state index is 13.0. The molecule has 0 spiro atoms. The Bertz CT molecular complexity index is 1210. The van der Waals surface area contributed by atoms with E-state index < -0.39 is 15.5 Å². The van der Waals surface area contributed by atoms with Gasteiger partial charge in [-0.05, 0) is 36.8 Å². The van der Waals surface area contributed by atoms with Crippen molar-refractivity contribution < 1.29 is 26.4 Å². The molecule has 0 atom stereocenters. The second-order valence-electron chi connectivity index (χ2n) is 6.81. The third-order valence-corrected chi connectivity index (χ3v) is 5.95. The summed E-state index contributed by atoms with van der Waals surface area (Å²) in [5.74, 6) is 0. The summed E-state index contributed by atoms with van der Waals surface area (Å²) in [5.41, 5.74) is -3.31. The highest BCUT2D eigenvalue weighted by atomic mass is 79.9. The van der Waals surface area contributed by atoms with Gasteiger partial charge >= 0.3 is 15.5 Å². The van der Waals surface area contributed by atoms with Crippen LogP contribution in [-0.2, 0) is 21.5 Å². The fraction of sp³-hybridized carbons (Fsp3) is 0.136. The number of alkyl halides is 3. The van der Waals surface area contributed by atoms with Crippen LogP contribution in [0.2, 0.25) is 0 Å². The van der Waals surface area contributed by atoms with Gasteiger partial charge in [0.2, 0.25) is 0 Å². The molecule has 10 heteroatoms. The predicted molar refractivity (Wildman–Crippen MR) is 121 cm³/mol. The van der Waals surface area contributed by atoms with E-state index in [-0.39, 0.29) is 23.6 Å². The molecular weight excluding hydrogens is 509 g/mol. The lowest BCUT2D eigenvalue weighted by atomic mass is 9.99.